The average molecular weight is 303 g/mol. The van der Waals surface area contributed by atoms with Gasteiger partial charge < -0.3 is 9.42 Å². The molecule has 0 saturated heterocycles. The number of nitriles is 1. The molecule has 8 heteroatoms. The van der Waals surface area contributed by atoms with Crippen LogP contribution in [0, 0.1) is 25.2 Å². The molecule has 0 aliphatic rings. The molecule has 2 aromatic heterocycles. The molecule has 2 heterocycles. The van der Waals surface area contributed by atoms with E-state index in [0.717, 1.165) is 15.8 Å². The third-order valence-corrected chi connectivity index (χ3v) is 3.68. The molecule has 2 rings (SSSR count). The Hall–Kier alpha value is -2.82. The number of hydrogen-bond donors (Lipinski definition) is 0. The van der Waals surface area contributed by atoms with Crippen molar-refractivity contribution in [1.82, 2.24) is 14.3 Å². The van der Waals surface area contributed by atoms with Gasteiger partial charge in [0.05, 0.1) is 5.69 Å². The molecule has 0 N–H and O–H groups in total. The summed E-state index contributed by atoms with van der Waals surface area (Å²) < 4.78 is 7.32. The zero-order valence-corrected chi connectivity index (χ0v) is 13.2. The van der Waals surface area contributed by atoms with Crippen LogP contribution in [-0.4, -0.2) is 21.3 Å². The summed E-state index contributed by atoms with van der Waals surface area (Å²) in [6.07, 6.45) is 0. The monoisotopic (exact) mass is 303 g/mol. The van der Waals surface area contributed by atoms with Gasteiger partial charge in [-0.3, -0.25) is 13.9 Å². The van der Waals surface area contributed by atoms with E-state index in [0.29, 0.717) is 12.3 Å². The van der Waals surface area contributed by atoms with Crippen molar-refractivity contribution < 1.29 is 4.52 Å². The van der Waals surface area contributed by atoms with Gasteiger partial charge >= 0.3 is 5.69 Å². The van der Waals surface area contributed by atoms with E-state index in [4.69, 9.17) is 4.52 Å². The van der Waals surface area contributed by atoms with Crippen molar-refractivity contribution >= 4 is 5.82 Å². The Morgan fingerprint density at radius 1 is 1.27 bits per heavy atom. The van der Waals surface area contributed by atoms with Crippen LogP contribution in [0.15, 0.2) is 14.1 Å². The highest BCUT2D eigenvalue weighted by atomic mass is 16.5. The molecule has 0 saturated carbocycles. The standard InChI is InChI=1S/C14H17N5O3/c1-8-11(9(2)22-16-8)7-17(3)12-10(6-15)13(20)19(5)14(21)18(12)4/h7H2,1-5H3. The van der Waals surface area contributed by atoms with Gasteiger partial charge in [0.25, 0.3) is 5.56 Å². The van der Waals surface area contributed by atoms with Gasteiger partial charge in [-0.25, -0.2) is 4.79 Å². The molecule has 22 heavy (non-hydrogen) atoms. The van der Waals surface area contributed by atoms with E-state index in [1.807, 2.05) is 13.0 Å². The molecule has 8 nitrogen and oxygen atoms in total. The molecule has 0 unspecified atom stereocenters. The van der Waals surface area contributed by atoms with Gasteiger partial charge in [-0.2, -0.15) is 5.26 Å². The van der Waals surface area contributed by atoms with E-state index in [9.17, 15) is 14.9 Å². The summed E-state index contributed by atoms with van der Waals surface area (Å²) in [5, 5.41) is 13.2. The Balaban J connectivity index is 2.60. The fourth-order valence-corrected chi connectivity index (χ4v) is 2.42. The predicted molar refractivity (Wildman–Crippen MR) is 79.7 cm³/mol. The quantitative estimate of drug-likeness (QED) is 0.803. The van der Waals surface area contributed by atoms with Crippen LogP contribution in [0.3, 0.4) is 0 Å². The first kappa shape index (κ1) is 15.6. The first-order valence-corrected chi connectivity index (χ1v) is 6.62. The Morgan fingerprint density at radius 3 is 2.41 bits per heavy atom. The lowest BCUT2D eigenvalue weighted by atomic mass is 10.2. The van der Waals surface area contributed by atoms with Crippen LogP contribution in [-0.2, 0) is 20.6 Å². The van der Waals surface area contributed by atoms with E-state index in [2.05, 4.69) is 5.16 Å². The van der Waals surface area contributed by atoms with Crippen LogP contribution < -0.4 is 16.1 Å². The Morgan fingerprint density at radius 2 is 1.91 bits per heavy atom. The van der Waals surface area contributed by atoms with Crippen LogP contribution in [0.25, 0.3) is 0 Å². The van der Waals surface area contributed by atoms with E-state index in [1.54, 1.807) is 18.9 Å². The van der Waals surface area contributed by atoms with Crippen LogP contribution in [0.4, 0.5) is 5.82 Å². The smallest absolute Gasteiger partial charge is 0.332 e. The minimum Gasteiger partial charge on any atom is -0.361 e. The minimum absolute atomic E-state index is 0.0705. The number of aromatic nitrogens is 3. The Bertz CT molecular complexity index is 862. The van der Waals surface area contributed by atoms with Crippen LogP contribution in [0.5, 0.6) is 0 Å². The molecule has 0 spiro atoms. The molecule has 116 valence electrons. The fraction of sp³-hybridized carbons (Fsp3) is 0.429. The summed E-state index contributed by atoms with van der Waals surface area (Å²) in [6.45, 7) is 3.97. The summed E-state index contributed by atoms with van der Waals surface area (Å²) in [5.74, 6) is 0.937. The summed E-state index contributed by atoms with van der Waals surface area (Å²) in [7, 11) is 4.59. The molecule has 0 fully saturated rings. The average Bonchev–Trinajstić information content (AvgIpc) is 2.80. The largest absolute Gasteiger partial charge is 0.361 e. The molecule has 0 amide bonds. The lowest BCUT2D eigenvalue weighted by Gasteiger charge is -2.23. The number of anilines is 1. The van der Waals surface area contributed by atoms with Gasteiger partial charge in [-0.15, -0.1) is 0 Å². The number of rotatable bonds is 3. The van der Waals surface area contributed by atoms with Gasteiger partial charge in [0.1, 0.15) is 17.6 Å². The van der Waals surface area contributed by atoms with Crippen molar-refractivity contribution in [3.8, 4) is 6.07 Å². The van der Waals surface area contributed by atoms with Gasteiger partial charge in [-0.05, 0) is 13.8 Å². The van der Waals surface area contributed by atoms with E-state index >= 15 is 0 Å². The highest BCUT2D eigenvalue weighted by Crippen LogP contribution is 2.19. The SMILES string of the molecule is Cc1noc(C)c1CN(C)c1c(C#N)c(=O)n(C)c(=O)n1C. The third-order valence-electron chi connectivity index (χ3n) is 3.68. The summed E-state index contributed by atoms with van der Waals surface area (Å²) in [6, 6.07) is 1.89. The van der Waals surface area contributed by atoms with Crippen molar-refractivity contribution in [3.05, 3.63) is 43.4 Å². The maximum Gasteiger partial charge on any atom is 0.332 e. The molecular formula is C14H17N5O3. The van der Waals surface area contributed by atoms with E-state index in [-0.39, 0.29) is 11.4 Å². The normalized spacial score (nSPS) is 10.5. The van der Waals surface area contributed by atoms with Crippen LogP contribution in [0.1, 0.15) is 22.6 Å². The maximum absolute atomic E-state index is 12.1. The summed E-state index contributed by atoms with van der Waals surface area (Å²) in [5.41, 5.74) is 0.436. The first-order chi connectivity index (χ1) is 10.3. The summed E-state index contributed by atoms with van der Waals surface area (Å²) in [4.78, 5) is 25.9. The molecule has 0 radical (unpaired) electrons. The summed E-state index contributed by atoms with van der Waals surface area (Å²) >= 11 is 0. The molecule has 2 aromatic rings. The van der Waals surface area contributed by atoms with Crippen molar-refractivity contribution in [3.63, 3.8) is 0 Å². The lowest BCUT2D eigenvalue weighted by Crippen LogP contribution is -2.41. The van der Waals surface area contributed by atoms with Gasteiger partial charge in [0, 0.05) is 33.3 Å². The van der Waals surface area contributed by atoms with Crippen molar-refractivity contribution in [2.75, 3.05) is 11.9 Å². The lowest BCUT2D eigenvalue weighted by molar-refractivity contribution is 0.392. The van der Waals surface area contributed by atoms with Crippen molar-refractivity contribution in [2.24, 2.45) is 14.1 Å². The van der Waals surface area contributed by atoms with Gasteiger partial charge in [0.15, 0.2) is 5.56 Å². The molecule has 0 aliphatic heterocycles. The molecule has 0 aromatic carbocycles. The maximum atomic E-state index is 12.1. The van der Waals surface area contributed by atoms with Crippen LogP contribution >= 0.6 is 0 Å². The number of aryl methyl sites for hydroxylation is 2. The zero-order chi connectivity index (χ0) is 16.6. The molecule has 0 bridgehead atoms. The Labute approximate surface area is 126 Å². The second-order valence-electron chi connectivity index (χ2n) is 5.17. The van der Waals surface area contributed by atoms with E-state index < -0.39 is 11.2 Å². The first-order valence-electron chi connectivity index (χ1n) is 6.62. The zero-order valence-electron chi connectivity index (χ0n) is 13.2. The highest BCUT2D eigenvalue weighted by Gasteiger charge is 2.20. The highest BCUT2D eigenvalue weighted by molar-refractivity contribution is 5.53. The van der Waals surface area contributed by atoms with E-state index in [1.165, 1.54) is 18.7 Å². The number of hydrogen-bond acceptors (Lipinski definition) is 6. The molecule has 0 atom stereocenters. The van der Waals surface area contributed by atoms with Gasteiger partial charge in [-0.1, -0.05) is 5.16 Å². The molecule has 0 aliphatic carbocycles. The minimum atomic E-state index is -0.605. The van der Waals surface area contributed by atoms with Crippen molar-refractivity contribution in [1.29, 1.82) is 5.26 Å². The topological polar surface area (TPSA) is 97.1 Å². The fourth-order valence-electron chi connectivity index (χ4n) is 2.42. The third kappa shape index (κ3) is 2.30. The predicted octanol–water partition coefficient (Wildman–Crippen LogP) is 0.197. The van der Waals surface area contributed by atoms with Gasteiger partial charge in [0.2, 0.25) is 0 Å². The Kier molecular flexibility index (Phi) is 3.91. The number of nitrogens with zero attached hydrogens (tertiary/aromatic N) is 5. The molecular weight excluding hydrogens is 286 g/mol. The second kappa shape index (κ2) is 5.52. The van der Waals surface area contributed by atoms with Crippen molar-refractivity contribution in [2.45, 2.75) is 20.4 Å². The van der Waals surface area contributed by atoms with Crippen LogP contribution in [0.2, 0.25) is 0 Å². The second-order valence-corrected chi connectivity index (χ2v) is 5.17.